The van der Waals surface area contributed by atoms with Crippen LogP contribution in [0.2, 0.25) is 0 Å². The molecule has 2 heterocycles. The quantitative estimate of drug-likeness (QED) is 0.685. The predicted octanol–water partition coefficient (Wildman–Crippen LogP) is -0.0270. The average Bonchev–Trinajstić information content (AvgIpc) is 3.05. The Kier molecular flexibility index (Phi) is 4.79. The molecule has 1 aromatic rings. The van der Waals surface area contributed by atoms with Crippen molar-refractivity contribution in [2.24, 2.45) is 0 Å². The normalized spacial score (nSPS) is 18.6. The molecule has 1 unspecified atom stereocenters. The smallest absolute Gasteiger partial charge is 0.260 e. The van der Waals surface area contributed by atoms with Gasteiger partial charge < -0.3 is 5.11 Å². The highest BCUT2D eigenvalue weighted by Gasteiger charge is 2.25. The SMILES string of the molecule is Cc1[nH]nc(S(=O)(=O)NCC(C)N2CCCC2)c1CO. The van der Waals surface area contributed by atoms with Crippen molar-refractivity contribution in [3.63, 3.8) is 0 Å². The topological polar surface area (TPSA) is 98.3 Å². The summed E-state index contributed by atoms with van der Waals surface area (Å²) in [6, 6.07) is 0.157. The second kappa shape index (κ2) is 6.21. The molecule has 1 saturated heterocycles. The number of aliphatic hydroxyl groups is 1. The van der Waals surface area contributed by atoms with Crippen LogP contribution in [-0.4, -0.2) is 54.3 Å². The van der Waals surface area contributed by atoms with Crippen LogP contribution in [-0.2, 0) is 16.6 Å². The van der Waals surface area contributed by atoms with Crippen LogP contribution >= 0.6 is 0 Å². The van der Waals surface area contributed by atoms with Crippen LogP contribution in [0.15, 0.2) is 5.03 Å². The van der Waals surface area contributed by atoms with Gasteiger partial charge in [0.25, 0.3) is 10.0 Å². The van der Waals surface area contributed by atoms with E-state index >= 15 is 0 Å². The largest absolute Gasteiger partial charge is 0.392 e. The summed E-state index contributed by atoms with van der Waals surface area (Å²) in [6.07, 6.45) is 2.34. The Bertz CT molecular complexity index is 549. The fraction of sp³-hybridized carbons (Fsp3) is 0.750. The summed E-state index contributed by atoms with van der Waals surface area (Å²) < 4.78 is 27.0. The Morgan fingerprint density at radius 2 is 2.10 bits per heavy atom. The maximum atomic E-state index is 12.2. The lowest BCUT2D eigenvalue weighted by atomic mass is 10.3. The summed E-state index contributed by atoms with van der Waals surface area (Å²) in [7, 11) is -3.69. The minimum absolute atomic E-state index is 0.105. The van der Waals surface area contributed by atoms with Crippen molar-refractivity contribution in [1.29, 1.82) is 0 Å². The van der Waals surface area contributed by atoms with Gasteiger partial charge in [-0.1, -0.05) is 0 Å². The third-order valence-electron chi connectivity index (χ3n) is 3.78. The van der Waals surface area contributed by atoms with Crippen molar-refractivity contribution < 1.29 is 13.5 Å². The Balaban J connectivity index is 2.03. The first-order chi connectivity index (χ1) is 9.45. The summed E-state index contributed by atoms with van der Waals surface area (Å²) >= 11 is 0. The van der Waals surface area contributed by atoms with Gasteiger partial charge in [0, 0.05) is 23.8 Å². The fourth-order valence-corrected chi connectivity index (χ4v) is 3.75. The zero-order valence-corrected chi connectivity index (χ0v) is 12.7. The van der Waals surface area contributed by atoms with Crippen LogP contribution in [0.4, 0.5) is 0 Å². The van der Waals surface area contributed by atoms with Crippen LogP contribution < -0.4 is 4.72 Å². The highest BCUT2D eigenvalue weighted by Crippen LogP contribution is 2.16. The first kappa shape index (κ1) is 15.4. The van der Waals surface area contributed by atoms with E-state index in [2.05, 4.69) is 19.8 Å². The molecule has 1 aliphatic rings. The van der Waals surface area contributed by atoms with E-state index in [-0.39, 0.29) is 17.7 Å². The number of nitrogens with one attached hydrogen (secondary N) is 2. The fourth-order valence-electron chi connectivity index (χ4n) is 2.45. The standard InChI is InChI=1S/C12H22N4O3S/c1-9(16-5-3-4-6-16)7-13-20(18,19)12-11(8-17)10(2)14-15-12/h9,13,17H,3-8H2,1-2H3,(H,14,15). The number of likely N-dealkylation sites (tertiary alicyclic amines) is 1. The van der Waals surface area contributed by atoms with Gasteiger partial charge in [0.1, 0.15) is 0 Å². The number of nitrogens with zero attached hydrogens (tertiary/aromatic N) is 2. The van der Waals surface area contributed by atoms with Crippen LogP contribution in [0.5, 0.6) is 0 Å². The number of sulfonamides is 1. The molecule has 0 bridgehead atoms. The summed E-state index contributed by atoms with van der Waals surface area (Å²) in [4.78, 5) is 2.27. The summed E-state index contributed by atoms with van der Waals surface area (Å²) in [6.45, 7) is 5.74. The van der Waals surface area contributed by atoms with E-state index in [1.54, 1.807) is 6.92 Å². The van der Waals surface area contributed by atoms with Gasteiger partial charge in [-0.25, -0.2) is 13.1 Å². The van der Waals surface area contributed by atoms with Crippen molar-refractivity contribution >= 4 is 10.0 Å². The predicted molar refractivity (Wildman–Crippen MR) is 74.7 cm³/mol. The van der Waals surface area contributed by atoms with Crippen LogP contribution in [0, 0.1) is 6.92 Å². The maximum Gasteiger partial charge on any atom is 0.260 e. The van der Waals surface area contributed by atoms with Gasteiger partial charge in [0.05, 0.1) is 6.61 Å². The summed E-state index contributed by atoms with van der Waals surface area (Å²) in [5.74, 6) is 0. The van der Waals surface area contributed by atoms with Crippen LogP contribution in [0.1, 0.15) is 31.0 Å². The molecule has 0 aliphatic carbocycles. The Labute approximate surface area is 119 Å². The zero-order valence-electron chi connectivity index (χ0n) is 11.9. The first-order valence-corrected chi connectivity index (χ1v) is 8.32. The number of aryl methyl sites for hydroxylation is 1. The van der Waals surface area contributed by atoms with Crippen molar-refractivity contribution in [2.75, 3.05) is 19.6 Å². The van der Waals surface area contributed by atoms with Gasteiger partial charge in [0.15, 0.2) is 5.03 Å². The molecule has 20 heavy (non-hydrogen) atoms. The molecule has 0 amide bonds. The number of rotatable bonds is 6. The van der Waals surface area contributed by atoms with Crippen molar-refractivity contribution in [1.82, 2.24) is 19.8 Å². The molecule has 1 aromatic heterocycles. The Morgan fingerprint density at radius 1 is 1.45 bits per heavy atom. The third-order valence-corrected chi connectivity index (χ3v) is 5.17. The minimum atomic E-state index is -3.69. The number of hydrogen-bond acceptors (Lipinski definition) is 5. The van der Waals surface area contributed by atoms with Crippen LogP contribution in [0.25, 0.3) is 0 Å². The van der Waals surface area contributed by atoms with E-state index in [1.165, 1.54) is 12.8 Å². The molecular weight excluding hydrogens is 280 g/mol. The molecule has 0 spiro atoms. The number of aliphatic hydroxyl groups excluding tert-OH is 1. The molecule has 1 fully saturated rings. The summed E-state index contributed by atoms with van der Waals surface area (Å²) in [5, 5.41) is 15.5. The molecule has 3 N–H and O–H groups in total. The second-order valence-electron chi connectivity index (χ2n) is 5.23. The lowest BCUT2D eigenvalue weighted by Crippen LogP contribution is -2.40. The summed E-state index contributed by atoms with van der Waals surface area (Å²) in [5.41, 5.74) is 0.895. The van der Waals surface area contributed by atoms with E-state index in [0.29, 0.717) is 17.8 Å². The highest BCUT2D eigenvalue weighted by molar-refractivity contribution is 7.89. The van der Waals surface area contributed by atoms with Gasteiger partial charge in [-0.15, -0.1) is 0 Å². The van der Waals surface area contributed by atoms with E-state index in [4.69, 9.17) is 0 Å². The van der Waals surface area contributed by atoms with Crippen molar-refractivity contribution in [3.05, 3.63) is 11.3 Å². The lowest BCUT2D eigenvalue weighted by molar-refractivity contribution is 0.259. The molecule has 0 aromatic carbocycles. The number of aromatic nitrogens is 2. The van der Waals surface area contributed by atoms with Crippen LogP contribution in [0.3, 0.4) is 0 Å². The third kappa shape index (κ3) is 3.20. The average molecular weight is 302 g/mol. The molecule has 7 nitrogen and oxygen atoms in total. The molecule has 2 rings (SSSR count). The van der Waals surface area contributed by atoms with E-state index in [0.717, 1.165) is 13.1 Å². The molecular formula is C12H22N4O3S. The second-order valence-corrected chi connectivity index (χ2v) is 6.92. The van der Waals surface area contributed by atoms with Gasteiger partial charge in [0.2, 0.25) is 0 Å². The molecule has 1 aliphatic heterocycles. The highest BCUT2D eigenvalue weighted by atomic mass is 32.2. The molecule has 8 heteroatoms. The van der Waals surface area contributed by atoms with Gasteiger partial charge in [-0.2, -0.15) is 5.10 Å². The monoisotopic (exact) mass is 302 g/mol. The molecule has 114 valence electrons. The van der Waals surface area contributed by atoms with Gasteiger partial charge >= 0.3 is 0 Å². The molecule has 0 saturated carbocycles. The minimum Gasteiger partial charge on any atom is -0.392 e. The number of H-pyrrole nitrogens is 1. The van der Waals surface area contributed by atoms with E-state index < -0.39 is 10.0 Å². The van der Waals surface area contributed by atoms with E-state index in [1.807, 2.05) is 6.92 Å². The van der Waals surface area contributed by atoms with E-state index in [9.17, 15) is 13.5 Å². The van der Waals surface area contributed by atoms with Gasteiger partial charge in [-0.05, 0) is 39.8 Å². The number of aromatic amines is 1. The first-order valence-electron chi connectivity index (χ1n) is 6.84. The molecule has 1 atom stereocenters. The van der Waals surface area contributed by atoms with Crippen molar-refractivity contribution in [2.45, 2.75) is 44.4 Å². The zero-order chi connectivity index (χ0) is 14.8. The molecule has 0 radical (unpaired) electrons. The Morgan fingerprint density at radius 3 is 2.70 bits per heavy atom. The Hall–Kier alpha value is -0.960. The number of hydrogen-bond donors (Lipinski definition) is 3. The van der Waals surface area contributed by atoms with Crippen molar-refractivity contribution in [3.8, 4) is 0 Å². The lowest BCUT2D eigenvalue weighted by Gasteiger charge is -2.23. The maximum absolute atomic E-state index is 12.2. The van der Waals surface area contributed by atoms with Gasteiger partial charge in [-0.3, -0.25) is 10.00 Å².